The van der Waals surface area contributed by atoms with E-state index >= 15 is 0 Å². The number of carbonyl (C=O) groups excluding carboxylic acids is 4. The van der Waals surface area contributed by atoms with E-state index in [0.717, 1.165) is 99.1 Å². The zero-order valence-electron chi connectivity index (χ0n) is 32.0. The average molecular weight is 754 g/mol. The fourth-order valence-electron chi connectivity index (χ4n) is 9.23. The van der Waals surface area contributed by atoms with Gasteiger partial charge in [-0.3, -0.25) is 39.0 Å². The zero-order chi connectivity index (χ0) is 38.4. The maximum atomic E-state index is 13.5. The number of carbonyl (C=O) groups is 4. The van der Waals surface area contributed by atoms with E-state index in [1.807, 2.05) is 30.2 Å². The summed E-state index contributed by atoms with van der Waals surface area (Å²) in [5.41, 5.74) is 11.5. The van der Waals surface area contributed by atoms with Gasteiger partial charge in [0.15, 0.2) is 0 Å². The van der Waals surface area contributed by atoms with Crippen LogP contribution in [0.1, 0.15) is 59.2 Å². The molecule has 8 rings (SSSR count). The number of likely N-dealkylation sites (tertiary alicyclic amines) is 1. The van der Waals surface area contributed by atoms with Gasteiger partial charge >= 0.3 is 0 Å². The third kappa shape index (κ3) is 7.10. The minimum atomic E-state index is -0.997. The Labute approximate surface area is 321 Å². The molecule has 2 aromatic carbocycles. The molecule has 6 heterocycles. The fourth-order valence-corrected chi connectivity index (χ4v) is 9.23. The summed E-state index contributed by atoms with van der Waals surface area (Å²) in [7, 11) is 5.16. The van der Waals surface area contributed by atoms with E-state index in [4.69, 9.17) is 15.2 Å². The van der Waals surface area contributed by atoms with Gasteiger partial charge in [-0.25, -0.2) is 0 Å². The number of benzene rings is 2. The van der Waals surface area contributed by atoms with Gasteiger partial charge in [-0.1, -0.05) is 0 Å². The lowest BCUT2D eigenvalue weighted by atomic mass is 9.93. The lowest BCUT2D eigenvalue weighted by molar-refractivity contribution is -0.136. The molecule has 0 spiro atoms. The van der Waals surface area contributed by atoms with Crippen LogP contribution in [0.25, 0.3) is 11.1 Å². The Bertz CT molecular complexity index is 1970. The number of nitrogens with zero attached hydrogens (tertiary/aromatic N) is 7. The van der Waals surface area contributed by atoms with Crippen molar-refractivity contribution in [3.05, 3.63) is 47.8 Å². The molecule has 55 heavy (non-hydrogen) atoms. The van der Waals surface area contributed by atoms with Crippen LogP contribution in [0, 0.1) is 5.92 Å². The summed E-state index contributed by atoms with van der Waals surface area (Å²) in [4.78, 5) is 62.1. The van der Waals surface area contributed by atoms with Crippen LogP contribution in [0.4, 0.5) is 17.1 Å². The molecule has 5 aliphatic rings. The Morgan fingerprint density at radius 1 is 0.764 bits per heavy atom. The molecule has 3 aromatic rings. The summed E-state index contributed by atoms with van der Waals surface area (Å²) < 4.78 is 13.1. The number of amides is 4. The van der Waals surface area contributed by atoms with Crippen LogP contribution in [-0.4, -0.2) is 133 Å². The Hall–Kier alpha value is -5.15. The molecule has 15 heteroatoms. The van der Waals surface area contributed by atoms with Crippen LogP contribution in [0.2, 0.25) is 0 Å². The van der Waals surface area contributed by atoms with E-state index < -0.39 is 29.7 Å². The number of hydrogen-bond donors (Lipinski definition) is 2. The van der Waals surface area contributed by atoms with E-state index in [1.165, 1.54) is 12.8 Å². The molecule has 3 N–H and O–H groups in total. The van der Waals surface area contributed by atoms with Gasteiger partial charge in [0.2, 0.25) is 11.8 Å². The summed E-state index contributed by atoms with van der Waals surface area (Å²) >= 11 is 0. The van der Waals surface area contributed by atoms with E-state index in [0.29, 0.717) is 29.1 Å². The molecule has 0 radical (unpaired) electrons. The fraction of sp³-hybridized carbons (Fsp3) is 0.525. The van der Waals surface area contributed by atoms with E-state index in [9.17, 15) is 19.2 Å². The summed E-state index contributed by atoms with van der Waals surface area (Å²) in [6.07, 6.45) is 8.51. The van der Waals surface area contributed by atoms with Crippen molar-refractivity contribution in [1.82, 2.24) is 29.8 Å². The van der Waals surface area contributed by atoms with Crippen LogP contribution in [0.3, 0.4) is 0 Å². The van der Waals surface area contributed by atoms with Crippen molar-refractivity contribution >= 4 is 40.7 Å². The first-order valence-electron chi connectivity index (χ1n) is 19.5. The largest absolute Gasteiger partial charge is 0.495 e. The average Bonchev–Trinajstić information content (AvgIpc) is 3.74. The van der Waals surface area contributed by atoms with Crippen molar-refractivity contribution in [1.29, 1.82) is 0 Å². The van der Waals surface area contributed by atoms with Gasteiger partial charge < -0.3 is 29.9 Å². The monoisotopic (exact) mass is 753 g/mol. The van der Waals surface area contributed by atoms with Crippen LogP contribution >= 0.6 is 0 Å². The van der Waals surface area contributed by atoms with Crippen molar-refractivity contribution in [3.8, 4) is 22.6 Å². The van der Waals surface area contributed by atoms with Gasteiger partial charge in [0, 0.05) is 94.4 Å². The summed E-state index contributed by atoms with van der Waals surface area (Å²) in [5, 5.41) is 6.65. The van der Waals surface area contributed by atoms with Gasteiger partial charge in [-0.2, -0.15) is 5.10 Å². The van der Waals surface area contributed by atoms with Crippen molar-refractivity contribution < 1.29 is 28.7 Å². The summed E-state index contributed by atoms with van der Waals surface area (Å²) in [6, 6.07) is 7.04. The minimum Gasteiger partial charge on any atom is -0.495 e. The molecule has 1 atom stereocenters. The second-order valence-electron chi connectivity index (χ2n) is 15.5. The highest BCUT2D eigenvalue weighted by Gasteiger charge is 2.45. The maximum absolute atomic E-state index is 13.5. The number of hydrogen-bond acceptors (Lipinski definition) is 12. The van der Waals surface area contributed by atoms with Crippen LogP contribution in [-0.2, 0) is 16.6 Å². The quantitative estimate of drug-likeness (QED) is 0.244. The van der Waals surface area contributed by atoms with E-state index in [1.54, 1.807) is 26.4 Å². The Morgan fingerprint density at radius 3 is 2.07 bits per heavy atom. The second-order valence-corrected chi connectivity index (χ2v) is 15.5. The molecule has 15 nitrogen and oxygen atoms in total. The van der Waals surface area contributed by atoms with E-state index in [-0.39, 0.29) is 24.0 Å². The molecule has 292 valence electrons. The lowest BCUT2D eigenvalue weighted by Crippen LogP contribution is -2.54. The SMILES string of the molecule is COc1cc(N2CCN(C3CCN(CC4CCN(c5cc6c(cc5OC)C(=O)N(C5CCC(=O)NC5=O)C6=O)CC4)CC3)CC2)c(-c2cnn(C)c2)cc1N. The topological polar surface area (TPSA) is 159 Å². The third-order valence-corrected chi connectivity index (χ3v) is 12.3. The number of aryl methyl sites for hydroxylation is 1. The molecular weight excluding hydrogens is 702 g/mol. The molecule has 4 saturated heterocycles. The normalized spacial score (nSPS) is 22.0. The van der Waals surface area contributed by atoms with Crippen molar-refractivity contribution in [2.75, 3.05) is 88.7 Å². The maximum Gasteiger partial charge on any atom is 0.262 e. The van der Waals surface area contributed by atoms with E-state index in [2.05, 4.69) is 36.1 Å². The van der Waals surface area contributed by atoms with Gasteiger partial charge in [0.05, 0.1) is 42.9 Å². The predicted octanol–water partition coefficient (Wildman–Crippen LogP) is 2.59. The number of piperazine rings is 1. The number of nitrogens with two attached hydrogens (primary N) is 1. The third-order valence-electron chi connectivity index (χ3n) is 12.3. The highest BCUT2D eigenvalue weighted by atomic mass is 16.5. The number of nitrogen functional groups attached to an aromatic ring is 1. The number of rotatable bonds is 9. The number of anilines is 3. The molecule has 0 aliphatic carbocycles. The summed E-state index contributed by atoms with van der Waals surface area (Å²) in [6.45, 7) is 8.84. The number of methoxy groups -OCH3 is 2. The van der Waals surface area contributed by atoms with Gasteiger partial charge in [-0.05, 0) is 69.3 Å². The minimum absolute atomic E-state index is 0.0836. The molecule has 0 saturated carbocycles. The first-order chi connectivity index (χ1) is 26.6. The van der Waals surface area contributed by atoms with Crippen LogP contribution in [0.15, 0.2) is 36.7 Å². The Kier molecular flexibility index (Phi) is 10.2. The highest BCUT2D eigenvalue weighted by molar-refractivity contribution is 6.24. The molecule has 1 aromatic heterocycles. The Morgan fingerprint density at radius 2 is 1.44 bits per heavy atom. The summed E-state index contributed by atoms with van der Waals surface area (Å²) in [5.74, 6) is -0.235. The van der Waals surface area contributed by atoms with Crippen molar-refractivity contribution in [3.63, 3.8) is 0 Å². The molecule has 0 bridgehead atoms. The van der Waals surface area contributed by atoms with Crippen molar-refractivity contribution in [2.45, 2.75) is 50.6 Å². The number of nitrogens with one attached hydrogen (secondary N) is 1. The first kappa shape index (κ1) is 36.8. The number of imide groups is 2. The van der Waals surface area contributed by atoms with Crippen molar-refractivity contribution in [2.24, 2.45) is 13.0 Å². The molecule has 5 aliphatic heterocycles. The second kappa shape index (κ2) is 15.2. The number of fused-ring (bicyclic) bond motifs is 1. The van der Waals surface area contributed by atoms with Gasteiger partial charge in [0.1, 0.15) is 17.5 Å². The predicted molar refractivity (Wildman–Crippen MR) is 207 cm³/mol. The van der Waals surface area contributed by atoms with Gasteiger partial charge in [0.25, 0.3) is 11.8 Å². The Balaban J connectivity index is 0.829. The number of aromatic nitrogens is 2. The molecule has 1 unspecified atom stereocenters. The van der Waals surface area contributed by atoms with Crippen LogP contribution in [0.5, 0.6) is 11.5 Å². The van der Waals surface area contributed by atoms with Gasteiger partial charge in [-0.15, -0.1) is 0 Å². The smallest absolute Gasteiger partial charge is 0.262 e. The number of piperidine rings is 3. The standard InChI is InChI=1S/C40H51N9O6/c1-44-24-26(22-42-44)28-18-31(41)35(54-2)21-33(28)48-16-14-46(15-17-48)27-8-10-45(11-9-27)23-25-6-12-47(13-7-25)34-19-29-30(20-36(34)55-3)40(53)49(39(29)52)32-4-5-37(50)43-38(32)51/h18-22,24-25,27,32H,4-17,23,41H2,1-3H3,(H,43,50,51). The first-order valence-corrected chi connectivity index (χ1v) is 19.5. The molecule has 4 fully saturated rings. The number of ether oxygens (including phenoxy) is 2. The highest BCUT2D eigenvalue weighted by Crippen LogP contribution is 2.40. The lowest BCUT2D eigenvalue weighted by Gasteiger charge is -2.44. The molecule has 4 amide bonds. The molecular formula is C40H51N9O6. The van der Waals surface area contributed by atoms with Crippen LogP contribution < -0.4 is 30.3 Å². The zero-order valence-corrected chi connectivity index (χ0v) is 32.0.